The standard InChI is InChI=1S/C24H29N3O5/c1-2-19-21-20(14-24(16-25-22(21)29)8-12-31-13-9-24)27(26-19)10-3-11-32-23(30)18-6-4-17(15-28)5-7-18/h4-7,15H,2-3,8-14,16H2,1H3,(H,25,29). The largest absolute Gasteiger partial charge is 0.462 e. The van der Waals surface area contributed by atoms with E-state index in [-0.39, 0.29) is 17.9 Å². The summed E-state index contributed by atoms with van der Waals surface area (Å²) in [5, 5.41) is 7.84. The maximum Gasteiger partial charge on any atom is 0.338 e. The minimum Gasteiger partial charge on any atom is -0.462 e. The maximum atomic E-state index is 12.9. The lowest BCUT2D eigenvalue weighted by molar-refractivity contribution is 0.0152. The zero-order valence-corrected chi connectivity index (χ0v) is 18.4. The molecule has 0 saturated carbocycles. The van der Waals surface area contributed by atoms with Crippen molar-refractivity contribution < 1.29 is 23.9 Å². The van der Waals surface area contributed by atoms with Gasteiger partial charge in [0, 0.05) is 38.3 Å². The molecule has 2 aromatic rings. The first-order chi connectivity index (χ1) is 15.5. The minimum atomic E-state index is -0.420. The Hall–Kier alpha value is -3.00. The molecule has 0 unspecified atom stereocenters. The molecule has 0 bridgehead atoms. The van der Waals surface area contributed by atoms with E-state index in [4.69, 9.17) is 14.6 Å². The summed E-state index contributed by atoms with van der Waals surface area (Å²) >= 11 is 0. The summed E-state index contributed by atoms with van der Waals surface area (Å²) in [5.41, 5.74) is 3.43. The van der Waals surface area contributed by atoms with Crippen molar-refractivity contribution in [1.29, 1.82) is 0 Å². The van der Waals surface area contributed by atoms with Crippen LogP contribution in [0.3, 0.4) is 0 Å². The maximum absolute atomic E-state index is 12.9. The summed E-state index contributed by atoms with van der Waals surface area (Å²) in [4.78, 5) is 35.8. The second-order valence-corrected chi connectivity index (χ2v) is 8.55. The second kappa shape index (κ2) is 9.65. The first kappa shape index (κ1) is 22.2. The number of rotatable bonds is 7. The predicted octanol–water partition coefficient (Wildman–Crippen LogP) is 2.59. The third kappa shape index (κ3) is 4.60. The van der Waals surface area contributed by atoms with Crippen LogP contribution < -0.4 is 5.32 Å². The highest BCUT2D eigenvalue weighted by Crippen LogP contribution is 2.37. The number of benzene rings is 1. The summed E-state index contributed by atoms with van der Waals surface area (Å²) in [5.74, 6) is -0.465. The molecule has 2 aliphatic heterocycles. The Morgan fingerprint density at radius 1 is 1.28 bits per heavy atom. The number of aromatic nitrogens is 2. The van der Waals surface area contributed by atoms with Gasteiger partial charge in [-0.2, -0.15) is 5.10 Å². The van der Waals surface area contributed by atoms with E-state index in [9.17, 15) is 14.4 Å². The lowest BCUT2D eigenvalue weighted by Gasteiger charge is -2.36. The Morgan fingerprint density at radius 2 is 2.03 bits per heavy atom. The molecular formula is C24H29N3O5. The molecule has 3 heterocycles. The van der Waals surface area contributed by atoms with Gasteiger partial charge in [0.05, 0.1) is 29.1 Å². The van der Waals surface area contributed by atoms with Gasteiger partial charge in [-0.1, -0.05) is 19.1 Å². The van der Waals surface area contributed by atoms with Gasteiger partial charge >= 0.3 is 5.97 Å². The summed E-state index contributed by atoms with van der Waals surface area (Å²) in [7, 11) is 0. The fourth-order valence-corrected chi connectivity index (χ4v) is 4.52. The number of carbonyl (C=O) groups is 3. The van der Waals surface area contributed by atoms with Crippen molar-refractivity contribution in [3.63, 3.8) is 0 Å². The molecule has 4 rings (SSSR count). The number of hydrogen-bond donors (Lipinski definition) is 1. The van der Waals surface area contributed by atoms with Gasteiger partial charge in [0.1, 0.15) is 6.29 Å². The Kier molecular flexibility index (Phi) is 6.69. The van der Waals surface area contributed by atoms with Gasteiger partial charge in [-0.3, -0.25) is 14.3 Å². The Balaban J connectivity index is 1.43. The van der Waals surface area contributed by atoms with Gasteiger partial charge in [0.25, 0.3) is 5.91 Å². The van der Waals surface area contributed by atoms with E-state index in [0.717, 1.165) is 36.9 Å². The van der Waals surface area contributed by atoms with E-state index in [1.807, 2.05) is 11.6 Å². The first-order valence-corrected chi connectivity index (χ1v) is 11.2. The van der Waals surface area contributed by atoms with Gasteiger partial charge in [-0.05, 0) is 43.2 Å². The van der Waals surface area contributed by atoms with E-state index >= 15 is 0 Å². The average molecular weight is 440 g/mol. The van der Waals surface area contributed by atoms with Crippen LogP contribution in [0.25, 0.3) is 0 Å². The molecule has 8 heteroatoms. The lowest BCUT2D eigenvalue weighted by atomic mass is 9.76. The van der Waals surface area contributed by atoms with Gasteiger partial charge in [-0.25, -0.2) is 4.79 Å². The SMILES string of the molecule is CCc1nn(CCCOC(=O)c2ccc(C=O)cc2)c2c1C(=O)NCC1(CCOCC1)C2. The molecule has 1 aromatic heterocycles. The summed E-state index contributed by atoms with van der Waals surface area (Å²) < 4.78 is 12.9. The normalized spacial score (nSPS) is 17.3. The number of amides is 1. The topological polar surface area (TPSA) is 99.5 Å². The van der Waals surface area contributed by atoms with Crippen LogP contribution in [0.1, 0.15) is 68.6 Å². The summed E-state index contributed by atoms with van der Waals surface area (Å²) in [6.45, 7) is 4.91. The number of hydrogen-bond acceptors (Lipinski definition) is 6. The third-order valence-electron chi connectivity index (χ3n) is 6.44. The Bertz CT molecular complexity index is 990. The molecule has 2 aliphatic rings. The fourth-order valence-electron chi connectivity index (χ4n) is 4.52. The molecule has 0 atom stereocenters. The highest BCUT2D eigenvalue weighted by atomic mass is 16.5. The van der Waals surface area contributed by atoms with Gasteiger partial charge in [0.2, 0.25) is 0 Å². The molecule has 1 amide bonds. The van der Waals surface area contributed by atoms with Crippen molar-refractivity contribution in [3.05, 3.63) is 52.3 Å². The molecule has 1 aromatic carbocycles. The molecule has 1 spiro atoms. The van der Waals surface area contributed by atoms with Crippen LogP contribution in [0.15, 0.2) is 24.3 Å². The lowest BCUT2D eigenvalue weighted by Crippen LogP contribution is -2.40. The zero-order valence-electron chi connectivity index (χ0n) is 18.4. The molecule has 1 N–H and O–H groups in total. The quantitative estimate of drug-likeness (QED) is 0.404. The monoisotopic (exact) mass is 439 g/mol. The molecule has 0 aliphatic carbocycles. The number of esters is 1. The molecule has 8 nitrogen and oxygen atoms in total. The van der Waals surface area contributed by atoms with E-state index in [1.54, 1.807) is 24.3 Å². The van der Waals surface area contributed by atoms with E-state index in [2.05, 4.69) is 5.32 Å². The van der Waals surface area contributed by atoms with Crippen molar-refractivity contribution in [2.24, 2.45) is 5.41 Å². The predicted molar refractivity (Wildman–Crippen MR) is 117 cm³/mol. The number of aldehydes is 1. The van der Waals surface area contributed by atoms with Crippen LogP contribution in [-0.4, -0.2) is 54.3 Å². The van der Waals surface area contributed by atoms with Crippen LogP contribution in [-0.2, 0) is 28.9 Å². The van der Waals surface area contributed by atoms with E-state index in [0.29, 0.717) is 55.8 Å². The number of carbonyl (C=O) groups excluding carboxylic acids is 3. The zero-order chi connectivity index (χ0) is 22.6. The molecule has 170 valence electrons. The molecule has 32 heavy (non-hydrogen) atoms. The van der Waals surface area contributed by atoms with Crippen molar-refractivity contribution >= 4 is 18.2 Å². The van der Waals surface area contributed by atoms with Crippen molar-refractivity contribution in [2.75, 3.05) is 26.4 Å². The van der Waals surface area contributed by atoms with Crippen molar-refractivity contribution in [3.8, 4) is 0 Å². The highest BCUT2D eigenvalue weighted by Gasteiger charge is 2.39. The average Bonchev–Trinajstić information content (AvgIpc) is 3.10. The molecule has 0 radical (unpaired) electrons. The molecule has 1 fully saturated rings. The van der Waals surface area contributed by atoms with Crippen LogP contribution in [0.5, 0.6) is 0 Å². The van der Waals surface area contributed by atoms with Crippen LogP contribution >= 0.6 is 0 Å². The molecular weight excluding hydrogens is 410 g/mol. The minimum absolute atomic E-state index is 0.00208. The summed E-state index contributed by atoms with van der Waals surface area (Å²) in [6.07, 6.45) is 4.63. The Morgan fingerprint density at radius 3 is 2.72 bits per heavy atom. The first-order valence-electron chi connectivity index (χ1n) is 11.2. The molecule has 1 saturated heterocycles. The number of nitrogens with zero attached hydrogens (tertiary/aromatic N) is 2. The van der Waals surface area contributed by atoms with Crippen LogP contribution in [0.2, 0.25) is 0 Å². The second-order valence-electron chi connectivity index (χ2n) is 8.55. The van der Waals surface area contributed by atoms with Crippen molar-refractivity contribution in [2.45, 2.75) is 45.6 Å². The number of aryl methyl sites for hydroxylation is 2. The fraction of sp³-hybridized carbons (Fsp3) is 0.500. The number of nitrogens with one attached hydrogen (secondary N) is 1. The highest BCUT2D eigenvalue weighted by molar-refractivity contribution is 5.97. The Labute approximate surface area is 187 Å². The number of fused-ring (bicyclic) bond motifs is 1. The van der Waals surface area contributed by atoms with Crippen LogP contribution in [0, 0.1) is 5.41 Å². The van der Waals surface area contributed by atoms with E-state index < -0.39 is 5.97 Å². The summed E-state index contributed by atoms with van der Waals surface area (Å²) in [6, 6.07) is 6.34. The van der Waals surface area contributed by atoms with Gasteiger partial charge < -0.3 is 14.8 Å². The third-order valence-corrected chi connectivity index (χ3v) is 6.44. The van der Waals surface area contributed by atoms with E-state index in [1.165, 1.54) is 0 Å². The van der Waals surface area contributed by atoms with Crippen LogP contribution in [0.4, 0.5) is 0 Å². The van der Waals surface area contributed by atoms with Gasteiger partial charge in [0.15, 0.2) is 0 Å². The number of ether oxygens (including phenoxy) is 2. The van der Waals surface area contributed by atoms with Gasteiger partial charge in [-0.15, -0.1) is 0 Å². The smallest absolute Gasteiger partial charge is 0.338 e. The van der Waals surface area contributed by atoms with Crippen molar-refractivity contribution in [1.82, 2.24) is 15.1 Å².